The van der Waals surface area contributed by atoms with E-state index in [0.29, 0.717) is 6.61 Å². The molecular weight excluding hydrogens is 368 g/mol. The fourth-order valence-electron chi connectivity index (χ4n) is 3.26. The molecule has 2 atom stereocenters. The van der Waals surface area contributed by atoms with Gasteiger partial charge in [-0.2, -0.15) is 0 Å². The molecule has 0 amide bonds. The van der Waals surface area contributed by atoms with Crippen molar-refractivity contribution in [2.45, 2.75) is 136 Å². The average molecular weight is 415 g/mol. The third-order valence-corrected chi connectivity index (χ3v) is 5.21. The number of aliphatic hydroxyl groups is 1. The van der Waals surface area contributed by atoms with Crippen LogP contribution in [-0.2, 0) is 19.1 Å². The van der Waals surface area contributed by atoms with Gasteiger partial charge in [0, 0.05) is 0 Å². The molecule has 0 aromatic rings. The van der Waals surface area contributed by atoms with Gasteiger partial charge >= 0.3 is 11.9 Å². The van der Waals surface area contributed by atoms with Gasteiger partial charge in [-0.05, 0) is 20.3 Å². The van der Waals surface area contributed by atoms with Gasteiger partial charge in [0.25, 0.3) is 0 Å². The minimum absolute atomic E-state index is 0.355. The van der Waals surface area contributed by atoms with Crippen LogP contribution in [0.15, 0.2) is 0 Å². The first kappa shape index (κ1) is 27.9. The van der Waals surface area contributed by atoms with E-state index in [2.05, 4.69) is 6.92 Å². The van der Waals surface area contributed by atoms with E-state index in [-0.39, 0.29) is 0 Å². The lowest BCUT2D eigenvalue weighted by atomic mass is 10.0. The Balaban J connectivity index is 3.29. The zero-order valence-electron chi connectivity index (χ0n) is 19.3. The summed E-state index contributed by atoms with van der Waals surface area (Å²) in [4.78, 5) is 22.9. The second-order valence-electron chi connectivity index (χ2n) is 8.23. The molecule has 29 heavy (non-hydrogen) atoms. The first-order valence-corrected chi connectivity index (χ1v) is 12.0. The number of hydrogen-bond acceptors (Lipinski definition) is 5. The molecule has 0 aliphatic rings. The molecule has 0 bridgehead atoms. The van der Waals surface area contributed by atoms with Gasteiger partial charge in [0.05, 0.1) is 6.61 Å². The number of rotatable bonds is 20. The molecule has 0 aliphatic carbocycles. The van der Waals surface area contributed by atoms with Crippen molar-refractivity contribution in [2.24, 2.45) is 0 Å². The minimum atomic E-state index is -1.23. The Morgan fingerprint density at radius 1 is 0.655 bits per heavy atom. The molecule has 0 heterocycles. The van der Waals surface area contributed by atoms with Gasteiger partial charge in [-0.1, -0.05) is 103 Å². The first-order valence-electron chi connectivity index (χ1n) is 12.0. The molecule has 0 fully saturated rings. The number of aliphatic hydroxyl groups excluding tert-OH is 1. The molecule has 0 unspecified atom stereocenters. The van der Waals surface area contributed by atoms with Crippen molar-refractivity contribution in [1.29, 1.82) is 0 Å². The Morgan fingerprint density at radius 3 is 1.41 bits per heavy atom. The number of carbonyl (C=O) groups is 2. The average Bonchev–Trinajstić information content (AvgIpc) is 2.69. The van der Waals surface area contributed by atoms with Crippen LogP contribution in [0.4, 0.5) is 0 Å². The van der Waals surface area contributed by atoms with Gasteiger partial charge in [-0.15, -0.1) is 0 Å². The Hall–Kier alpha value is -1.10. The zero-order valence-corrected chi connectivity index (χ0v) is 19.3. The van der Waals surface area contributed by atoms with Crippen molar-refractivity contribution >= 4 is 11.9 Å². The van der Waals surface area contributed by atoms with Crippen LogP contribution in [0.25, 0.3) is 0 Å². The van der Waals surface area contributed by atoms with Gasteiger partial charge in [-0.3, -0.25) is 0 Å². The second-order valence-corrected chi connectivity index (χ2v) is 8.23. The SMILES string of the molecule is CCCCCCCCCCCCCCCCCCOC(=O)[C@H](C)OC(=O)[C@H](C)O. The first-order chi connectivity index (χ1) is 14.0. The molecule has 5 nitrogen and oxygen atoms in total. The zero-order chi connectivity index (χ0) is 21.7. The lowest BCUT2D eigenvalue weighted by molar-refractivity contribution is -0.171. The van der Waals surface area contributed by atoms with Gasteiger partial charge in [-0.25, -0.2) is 9.59 Å². The molecule has 0 aromatic carbocycles. The molecule has 0 aliphatic heterocycles. The number of carbonyl (C=O) groups excluding carboxylic acids is 2. The van der Waals surface area contributed by atoms with Crippen LogP contribution in [-0.4, -0.2) is 35.9 Å². The normalized spacial score (nSPS) is 13.1. The lowest BCUT2D eigenvalue weighted by Crippen LogP contribution is -2.30. The van der Waals surface area contributed by atoms with Crippen LogP contribution in [0.2, 0.25) is 0 Å². The number of esters is 2. The summed E-state index contributed by atoms with van der Waals surface area (Å²) < 4.78 is 9.90. The van der Waals surface area contributed by atoms with Crippen LogP contribution in [0.3, 0.4) is 0 Å². The van der Waals surface area contributed by atoms with E-state index in [9.17, 15) is 9.59 Å². The summed E-state index contributed by atoms with van der Waals surface area (Å²) in [5, 5.41) is 9.06. The fraction of sp³-hybridized carbons (Fsp3) is 0.917. The summed E-state index contributed by atoms with van der Waals surface area (Å²) in [7, 11) is 0. The third-order valence-electron chi connectivity index (χ3n) is 5.21. The van der Waals surface area contributed by atoms with E-state index in [1.807, 2.05) is 0 Å². The molecule has 0 spiro atoms. The van der Waals surface area contributed by atoms with Crippen molar-refractivity contribution < 1.29 is 24.2 Å². The molecule has 0 radical (unpaired) electrons. The minimum Gasteiger partial charge on any atom is -0.463 e. The summed E-state index contributed by atoms with van der Waals surface area (Å²) in [6, 6.07) is 0. The summed E-state index contributed by atoms with van der Waals surface area (Å²) in [5.74, 6) is -1.36. The summed E-state index contributed by atoms with van der Waals surface area (Å²) in [6.07, 6.45) is 18.6. The van der Waals surface area contributed by atoms with Crippen LogP contribution in [0.5, 0.6) is 0 Å². The van der Waals surface area contributed by atoms with Crippen molar-refractivity contribution in [3.05, 3.63) is 0 Å². The monoisotopic (exact) mass is 414 g/mol. The van der Waals surface area contributed by atoms with Crippen molar-refractivity contribution in [1.82, 2.24) is 0 Å². The standard InChI is InChI=1S/C24H46O5/c1-4-5-6-7-8-9-10-11-12-13-14-15-16-17-18-19-20-28-24(27)22(3)29-23(26)21(2)25/h21-22,25H,4-20H2,1-3H3/t21-,22-/m0/s1. The van der Waals surface area contributed by atoms with Crippen LogP contribution >= 0.6 is 0 Å². The second kappa shape index (κ2) is 20.2. The van der Waals surface area contributed by atoms with E-state index in [1.54, 1.807) is 0 Å². The number of unbranched alkanes of at least 4 members (excludes halogenated alkanes) is 15. The van der Waals surface area contributed by atoms with Crippen LogP contribution in [0.1, 0.15) is 124 Å². The molecule has 1 N–H and O–H groups in total. The maximum Gasteiger partial charge on any atom is 0.347 e. The number of hydrogen-bond donors (Lipinski definition) is 1. The highest BCUT2D eigenvalue weighted by Crippen LogP contribution is 2.13. The van der Waals surface area contributed by atoms with E-state index in [0.717, 1.165) is 12.8 Å². The molecule has 0 aromatic heterocycles. The maximum absolute atomic E-state index is 11.7. The molecular formula is C24H46O5. The Morgan fingerprint density at radius 2 is 1.03 bits per heavy atom. The third kappa shape index (κ3) is 18.7. The van der Waals surface area contributed by atoms with Gasteiger partial charge in [0.2, 0.25) is 0 Å². The largest absolute Gasteiger partial charge is 0.463 e. The van der Waals surface area contributed by atoms with Crippen LogP contribution in [0, 0.1) is 0 Å². The number of ether oxygens (including phenoxy) is 2. The molecule has 5 heteroatoms. The summed E-state index contributed by atoms with van der Waals surface area (Å²) in [5.41, 5.74) is 0. The molecule has 0 saturated carbocycles. The summed E-state index contributed by atoms with van der Waals surface area (Å²) in [6.45, 7) is 5.38. The van der Waals surface area contributed by atoms with Gasteiger partial charge in [0.1, 0.15) is 6.10 Å². The Bertz CT molecular complexity index is 395. The molecule has 0 rings (SSSR count). The van der Waals surface area contributed by atoms with E-state index < -0.39 is 24.1 Å². The smallest absolute Gasteiger partial charge is 0.347 e. The highest BCUT2D eigenvalue weighted by Gasteiger charge is 2.21. The van der Waals surface area contributed by atoms with Gasteiger partial charge in [0.15, 0.2) is 6.10 Å². The van der Waals surface area contributed by atoms with Crippen molar-refractivity contribution in [3.8, 4) is 0 Å². The predicted molar refractivity (Wildman–Crippen MR) is 118 cm³/mol. The Kier molecular flexibility index (Phi) is 19.4. The van der Waals surface area contributed by atoms with Crippen LogP contribution < -0.4 is 0 Å². The quantitative estimate of drug-likeness (QED) is 0.192. The maximum atomic E-state index is 11.7. The fourth-order valence-corrected chi connectivity index (χ4v) is 3.26. The van der Waals surface area contributed by atoms with Crippen molar-refractivity contribution in [2.75, 3.05) is 6.61 Å². The topological polar surface area (TPSA) is 72.8 Å². The molecule has 0 saturated heterocycles. The van der Waals surface area contributed by atoms with E-state index >= 15 is 0 Å². The highest BCUT2D eigenvalue weighted by atomic mass is 16.6. The van der Waals surface area contributed by atoms with Crippen molar-refractivity contribution in [3.63, 3.8) is 0 Å². The van der Waals surface area contributed by atoms with Gasteiger partial charge < -0.3 is 14.6 Å². The highest BCUT2D eigenvalue weighted by molar-refractivity contribution is 5.80. The lowest BCUT2D eigenvalue weighted by Gasteiger charge is -2.13. The predicted octanol–water partition coefficient (Wildman–Crippen LogP) is 6.10. The molecule has 172 valence electrons. The Labute approximate surface area is 178 Å². The summed E-state index contributed by atoms with van der Waals surface area (Å²) >= 11 is 0. The van der Waals surface area contributed by atoms with E-state index in [4.69, 9.17) is 14.6 Å². The van der Waals surface area contributed by atoms with E-state index in [1.165, 1.54) is 104 Å².